The van der Waals surface area contributed by atoms with Gasteiger partial charge in [0.2, 0.25) is 11.8 Å². The molecule has 1 rings (SSSR count). The summed E-state index contributed by atoms with van der Waals surface area (Å²) in [4.78, 5) is 24.4. The Kier molecular flexibility index (Phi) is 7.29. The van der Waals surface area contributed by atoms with Crippen molar-refractivity contribution in [2.75, 3.05) is 18.8 Å². The molecule has 0 aromatic heterocycles. The molecule has 1 aromatic rings. The van der Waals surface area contributed by atoms with Gasteiger partial charge < -0.3 is 10.6 Å². The molecule has 21 heavy (non-hydrogen) atoms. The molecule has 0 saturated carbocycles. The number of thioether (sulfide) groups is 1. The monoisotopic (exact) mass is 308 g/mol. The third-order valence-electron chi connectivity index (χ3n) is 2.75. The lowest BCUT2D eigenvalue weighted by Crippen LogP contribution is -2.41. The summed E-state index contributed by atoms with van der Waals surface area (Å²) in [5, 5.41) is 5.44. The lowest BCUT2D eigenvalue weighted by Gasteiger charge is -2.17. The van der Waals surface area contributed by atoms with Crippen LogP contribution < -0.4 is 10.6 Å². The van der Waals surface area contributed by atoms with E-state index in [0.29, 0.717) is 6.54 Å². The summed E-state index contributed by atoms with van der Waals surface area (Å²) >= 11 is 1.77. The highest BCUT2D eigenvalue weighted by Gasteiger charge is 2.21. The highest BCUT2D eigenvalue weighted by atomic mass is 32.2. The van der Waals surface area contributed by atoms with Crippen LogP contribution in [0.1, 0.15) is 27.2 Å². The van der Waals surface area contributed by atoms with Crippen LogP contribution in [0.3, 0.4) is 0 Å². The number of amides is 2. The zero-order valence-corrected chi connectivity index (χ0v) is 13.8. The second-order valence-corrected chi connectivity index (χ2v) is 6.97. The van der Waals surface area contributed by atoms with Crippen LogP contribution in [0, 0.1) is 5.41 Å². The third-order valence-corrected chi connectivity index (χ3v) is 3.84. The third kappa shape index (κ3) is 7.75. The van der Waals surface area contributed by atoms with Crippen LogP contribution in [0.2, 0.25) is 0 Å². The molecule has 5 heteroatoms. The minimum Gasteiger partial charge on any atom is -0.355 e. The fourth-order valence-electron chi connectivity index (χ4n) is 1.49. The van der Waals surface area contributed by atoms with Crippen LogP contribution in [-0.2, 0) is 9.59 Å². The van der Waals surface area contributed by atoms with Crippen molar-refractivity contribution in [1.82, 2.24) is 10.6 Å². The molecule has 0 fully saturated rings. The summed E-state index contributed by atoms with van der Waals surface area (Å²) in [6, 6.07) is 10.2. The Bertz CT molecular complexity index is 455. The highest BCUT2D eigenvalue weighted by Crippen LogP contribution is 2.17. The smallest absolute Gasteiger partial charge is 0.239 e. The van der Waals surface area contributed by atoms with Gasteiger partial charge in [0, 0.05) is 16.9 Å². The summed E-state index contributed by atoms with van der Waals surface area (Å²) in [5.41, 5.74) is -0.466. The van der Waals surface area contributed by atoms with E-state index < -0.39 is 5.41 Å². The maximum atomic E-state index is 11.6. The maximum Gasteiger partial charge on any atom is 0.239 e. The van der Waals surface area contributed by atoms with Gasteiger partial charge in [0.05, 0.1) is 6.54 Å². The topological polar surface area (TPSA) is 58.2 Å². The van der Waals surface area contributed by atoms with Gasteiger partial charge in [-0.25, -0.2) is 0 Å². The maximum absolute atomic E-state index is 11.6. The number of carbonyl (C=O) groups excluding carboxylic acids is 2. The number of benzene rings is 1. The van der Waals surface area contributed by atoms with Gasteiger partial charge in [-0.15, -0.1) is 11.8 Å². The first-order valence-corrected chi connectivity index (χ1v) is 8.11. The number of nitrogens with one attached hydrogen (secondary N) is 2. The number of carbonyl (C=O) groups is 2. The van der Waals surface area contributed by atoms with E-state index in [-0.39, 0.29) is 18.4 Å². The molecule has 0 spiro atoms. The fraction of sp³-hybridized carbons (Fsp3) is 0.500. The van der Waals surface area contributed by atoms with Gasteiger partial charge in [-0.05, 0) is 24.3 Å². The zero-order chi connectivity index (χ0) is 15.7. The molecule has 0 aliphatic rings. The lowest BCUT2D eigenvalue weighted by molar-refractivity contribution is -0.131. The molecule has 116 valence electrons. The molecular weight excluding hydrogens is 284 g/mol. The highest BCUT2D eigenvalue weighted by molar-refractivity contribution is 7.99. The normalized spacial score (nSPS) is 11.0. The quantitative estimate of drug-likeness (QED) is 0.601. The van der Waals surface area contributed by atoms with E-state index in [4.69, 9.17) is 0 Å². The molecule has 0 aliphatic heterocycles. The van der Waals surface area contributed by atoms with E-state index in [2.05, 4.69) is 22.8 Å². The minimum atomic E-state index is -0.466. The summed E-state index contributed by atoms with van der Waals surface area (Å²) in [7, 11) is 0. The van der Waals surface area contributed by atoms with Gasteiger partial charge in [0.15, 0.2) is 0 Å². The minimum absolute atomic E-state index is 0.0436. The number of rotatable bonds is 7. The van der Waals surface area contributed by atoms with Crippen LogP contribution in [0.5, 0.6) is 0 Å². The molecule has 0 aliphatic carbocycles. The molecule has 0 atom stereocenters. The summed E-state index contributed by atoms with van der Waals surface area (Å²) in [6.07, 6.45) is 0.901. The Morgan fingerprint density at radius 3 is 2.38 bits per heavy atom. The molecule has 2 amide bonds. The largest absolute Gasteiger partial charge is 0.355 e. The molecule has 1 aromatic carbocycles. The van der Waals surface area contributed by atoms with Gasteiger partial charge in [-0.2, -0.15) is 0 Å². The first-order chi connectivity index (χ1) is 9.89. The van der Waals surface area contributed by atoms with Crippen LogP contribution in [0.25, 0.3) is 0 Å². The van der Waals surface area contributed by atoms with E-state index in [1.54, 1.807) is 11.8 Å². The number of hydrogen-bond acceptors (Lipinski definition) is 3. The van der Waals surface area contributed by atoms with Crippen molar-refractivity contribution < 1.29 is 9.59 Å². The molecule has 0 radical (unpaired) electrons. The van der Waals surface area contributed by atoms with Gasteiger partial charge >= 0.3 is 0 Å². The molecule has 0 bridgehead atoms. The van der Waals surface area contributed by atoms with Gasteiger partial charge in [0.1, 0.15) is 0 Å². The van der Waals surface area contributed by atoms with Crippen molar-refractivity contribution in [2.24, 2.45) is 5.41 Å². The van der Waals surface area contributed by atoms with Gasteiger partial charge in [-0.3, -0.25) is 9.59 Å². The Hall–Kier alpha value is -1.49. The van der Waals surface area contributed by atoms with Crippen LogP contribution in [0.4, 0.5) is 0 Å². The average Bonchev–Trinajstić information content (AvgIpc) is 2.44. The Morgan fingerprint density at radius 2 is 1.76 bits per heavy atom. The Labute approximate surface area is 131 Å². The average molecular weight is 308 g/mol. The molecule has 4 nitrogen and oxygen atoms in total. The van der Waals surface area contributed by atoms with Crippen molar-refractivity contribution in [3.05, 3.63) is 30.3 Å². The standard InChI is InChI=1S/C16H24N2O2S/c1-16(2,3)15(20)18-12-14(19)17-10-7-11-21-13-8-5-4-6-9-13/h4-6,8-9H,7,10-12H2,1-3H3,(H,17,19)(H,18,20). The lowest BCUT2D eigenvalue weighted by atomic mass is 9.96. The van der Waals surface area contributed by atoms with Crippen LogP contribution >= 0.6 is 11.8 Å². The van der Waals surface area contributed by atoms with Crippen LogP contribution in [0.15, 0.2) is 35.2 Å². The summed E-state index contributed by atoms with van der Waals surface area (Å²) in [6.45, 7) is 6.13. The van der Waals surface area contributed by atoms with Crippen molar-refractivity contribution in [1.29, 1.82) is 0 Å². The zero-order valence-electron chi connectivity index (χ0n) is 12.9. The predicted molar refractivity (Wildman–Crippen MR) is 87.3 cm³/mol. The Morgan fingerprint density at radius 1 is 1.10 bits per heavy atom. The van der Waals surface area contributed by atoms with Crippen molar-refractivity contribution in [3.8, 4) is 0 Å². The predicted octanol–water partition coefficient (Wildman–Crippen LogP) is 2.45. The van der Waals surface area contributed by atoms with Crippen molar-refractivity contribution in [3.63, 3.8) is 0 Å². The molecule has 0 unspecified atom stereocenters. The molecule has 2 N–H and O–H groups in total. The van der Waals surface area contributed by atoms with E-state index >= 15 is 0 Å². The van der Waals surface area contributed by atoms with E-state index in [9.17, 15) is 9.59 Å². The first-order valence-electron chi connectivity index (χ1n) is 7.12. The second kappa shape index (κ2) is 8.72. The first kappa shape index (κ1) is 17.6. The van der Waals surface area contributed by atoms with E-state index in [1.165, 1.54) is 4.90 Å². The number of hydrogen-bond donors (Lipinski definition) is 2. The van der Waals surface area contributed by atoms with E-state index in [0.717, 1.165) is 12.2 Å². The van der Waals surface area contributed by atoms with Gasteiger partial charge in [-0.1, -0.05) is 39.0 Å². The molecular formula is C16H24N2O2S. The van der Waals surface area contributed by atoms with Crippen molar-refractivity contribution in [2.45, 2.75) is 32.1 Å². The van der Waals surface area contributed by atoms with E-state index in [1.807, 2.05) is 39.0 Å². The molecule has 0 heterocycles. The van der Waals surface area contributed by atoms with Gasteiger partial charge in [0.25, 0.3) is 0 Å². The summed E-state index contributed by atoms with van der Waals surface area (Å²) in [5.74, 6) is 0.702. The Balaban J connectivity index is 2.07. The van der Waals surface area contributed by atoms with Crippen molar-refractivity contribution >= 4 is 23.6 Å². The second-order valence-electron chi connectivity index (χ2n) is 5.80. The summed E-state index contributed by atoms with van der Waals surface area (Å²) < 4.78 is 0. The molecule has 0 saturated heterocycles. The fourth-order valence-corrected chi connectivity index (χ4v) is 2.37. The SMILES string of the molecule is CC(C)(C)C(=O)NCC(=O)NCCCSc1ccccc1. The van der Waals surface area contributed by atoms with Crippen LogP contribution in [-0.4, -0.2) is 30.7 Å².